The minimum atomic E-state index is -1.52. The molecule has 0 saturated heterocycles. The van der Waals surface area contributed by atoms with Crippen molar-refractivity contribution in [3.8, 4) is 11.8 Å². The molecule has 0 aliphatic carbocycles. The highest BCUT2D eigenvalue weighted by atomic mass is 19.1. The standard InChI is InChI=1S/C21H22FN3O2/c1-12-9-15(5-6-17(12)11-23)13(2)20(14(3)26)16-7-8-19(18(22)10-16)27-21(4,24)25/h5-10H,24-25H2,1-4H3. The van der Waals surface area contributed by atoms with E-state index in [4.69, 9.17) is 21.5 Å². The molecule has 0 bridgehead atoms. The van der Waals surface area contributed by atoms with Crippen LogP contribution in [-0.2, 0) is 4.79 Å². The Kier molecular flexibility index (Phi) is 5.79. The Morgan fingerprint density at radius 3 is 2.26 bits per heavy atom. The first-order valence-corrected chi connectivity index (χ1v) is 8.33. The van der Waals surface area contributed by atoms with Crippen molar-refractivity contribution in [1.29, 1.82) is 5.26 Å². The number of ether oxygens (including phenoxy) is 1. The zero-order valence-corrected chi connectivity index (χ0v) is 15.8. The number of nitrogens with two attached hydrogens (primary N) is 2. The molecule has 140 valence electrons. The number of aryl methyl sites for hydroxylation is 1. The number of ketones is 1. The first kappa shape index (κ1) is 20.3. The van der Waals surface area contributed by atoms with E-state index in [1.54, 1.807) is 25.1 Å². The Bertz CT molecular complexity index is 966. The fraction of sp³-hybridized carbons (Fsp3) is 0.238. The van der Waals surface area contributed by atoms with Gasteiger partial charge in [0.2, 0.25) is 5.85 Å². The summed E-state index contributed by atoms with van der Waals surface area (Å²) in [5.41, 5.74) is 14.7. The summed E-state index contributed by atoms with van der Waals surface area (Å²) in [6, 6.07) is 11.6. The van der Waals surface area contributed by atoms with Crippen molar-refractivity contribution in [2.24, 2.45) is 11.5 Å². The molecule has 0 saturated carbocycles. The van der Waals surface area contributed by atoms with E-state index in [1.165, 1.54) is 26.0 Å². The molecule has 2 aromatic carbocycles. The Morgan fingerprint density at radius 2 is 1.78 bits per heavy atom. The van der Waals surface area contributed by atoms with E-state index >= 15 is 0 Å². The van der Waals surface area contributed by atoms with Crippen molar-refractivity contribution in [2.75, 3.05) is 0 Å². The van der Waals surface area contributed by atoms with Gasteiger partial charge in [-0.3, -0.25) is 16.3 Å². The lowest BCUT2D eigenvalue weighted by Crippen LogP contribution is -2.51. The van der Waals surface area contributed by atoms with E-state index in [0.29, 0.717) is 22.3 Å². The number of Topliss-reactive ketones (excluding diaryl/α,β-unsaturated/α-hetero) is 1. The van der Waals surface area contributed by atoms with Gasteiger partial charge < -0.3 is 4.74 Å². The van der Waals surface area contributed by atoms with Gasteiger partial charge in [-0.15, -0.1) is 0 Å². The number of nitrogens with zero attached hydrogens (tertiary/aromatic N) is 1. The van der Waals surface area contributed by atoms with E-state index in [2.05, 4.69) is 6.07 Å². The molecular formula is C21H22FN3O2. The first-order chi connectivity index (χ1) is 12.5. The Labute approximate surface area is 158 Å². The minimum Gasteiger partial charge on any atom is -0.457 e. The fourth-order valence-electron chi connectivity index (χ4n) is 2.83. The molecular weight excluding hydrogens is 345 g/mol. The summed E-state index contributed by atoms with van der Waals surface area (Å²) >= 11 is 0. The third-order valence-electron chi connectivity index (χ3n) is 4.06. The summed E-state index contributed by atoms with van der Waals surface area (Å²) in [7, 11) is 0. The summed E-state index contributed by atoms with van der Waals surface area (Å²) in [5, 5.41) is 9.07. The van der Waals surface area contributed by atoms with Crippen LogP contribution in [0.1, 0.15) is 43.0 Å². The SMILES string of the molecule is CC(=O)C(=C(C)c1ccc(C#N)c(C)c1)c1ccc(OC(C)(N)N)c(F)c1. The molecule has 0 heterocycles. The molecule has 5 nitrogen and oxygen atoms in total. The maximum absolute atomic E-state index is 14.4. The van der Waals surface area contributed by atoms with Gasteiger partial charge in [0.05, 0.1) is 11.6 Å². The number of nitriles is 1. The molecule has 6 heteroatoms. The van der Waals surface area contributed by atoms with Gasteiger partial charge in [0.1, 0.15) is 0 Å². The second-order valence-corrected chi connectivity index (χ2v) is 6.63. The average molecular weight is 367 g/mol. The molecule has 27 heavy (non-hydrogen) atoms. The van der Waals surface area contributed by atoms with Crippen LogP contribution in [0.4, 0.5) is 4.39 Å². The van der Waals surface area contributed by atoms with Crippen LogP contribution in [0, 0.1) is 24.1 Å². The zero-order chi connectivity index (χ0) is 20.4. The number of hydrogen-bond acceptors (Lipinski definition) is 5. The van der Waals surface area contributed by atoms with Crippen LogP contribution in [0.25, 0.3) is 11.1 Å². The number of benzene rings is 2. The monoisotopic (exact) mass is 367 g/mol. The van der Waals surface area contributed by atoms with Crippen LogP contribution in [0.5, 0.6) is 5.75 Å². The molecule has 0 aromatic heterocycles. The van der Waals surface area contributed by atoms with Gasteiger partial charge in [0, 0.05) is 12.5 Å². The topological polar surface area (TPSA) is 102 Å². The molecule has 0 atom stereocenters. The molecule has 2 rings (SSSR count). The van der Waals surface area contributed by atoms with Gasteiger partial charge in [-0.25, -0.2) is 4.39 Å². The molecule has 0 aliphatic rings. The third-order valence-corrected chi connectivity index (χ3v) is 4.06. The third kappa shape index (κ3) is 4.79. The zero-order valence-electron chi connectivity index (χ0n) is 15.8. The average Bonchev–Trinajstić information content (AvgIpc) is 2.55. The Hall–Kier alpha value is -3.01. The van der Waals surface area contributed by atoms with E-state index in [1.807, 2.05) is 13.0 Å². The minimum absolute atomic E-state index is 0.0963. The first-order valence-electron chi connectivity index (χ1n) is 8.33. The fourth-order valence-corrected chi connectivity index (χ4v) is 2.83. The predicted molar refractivity (Wildman–Crippen MR) is 103 cm³/mol. The van der Waals surface area contributed by atoms with Gasteiger partial charge in [-0.05, 0) is 61.2 Å². The molecule has 0 fully saturated rings. The second-order valence-electron chi connectivity index (χ2n) is 6.63. The Morgan fingerprint density at radius 1 is 1.15 bits per heavy atom. The van der Waals surface area contributed by atoms with E-state index in [9.17, 15) is 9.18 Å². The lowest BCUT2D eigenvalue weighted by atomic mass is 9.91. The molecule has 4 N–H and O–H groups in total. The summed E-state index contributed by atoms with van der Waals surface area (Å²) in [6.45, 7) is 6.44. The highest BCUT2D eigenvalue weighted by molar-refractivity contribution is 6.26. The smallest absolute Gasteiger partial charge is 0.210 e. The van der Waals surface area contributed by atoms with Crippen molar-refractivity contribution in [2.45, 2.75) is 33.5 Å². The summed E-state index contributed by atoms with van der Waals surface area (Å²) < 4.78 is 19.6. The van der Waals surface area contributed by atoms with Gasteiger partial charge in [-0.2, -0.15) is 5.26 Å². The molecule has 0 spiro atoms. The van der Waals surface area contributed by atoms with Crippen LogP contribution in [0.3, 0.4) is 0 Å². The van der Waals surface area contributed by atoms with Gasteiger partial charge >= 0.3 is 0 Å². The highest BCUT2D eigenvalue weighted by Gasteiger charge is 2.19. The molecule has 0 amide bonds. The lowest BCUT2D eigenvalue weighted by Gasteiger charge is -2.21. The van der Waals surface area contributed by atoms with Crippen molar-refractivity contribution >= 4 is 16.9 Å². The highest BCUT2D eigenvalue weighted by Crippen LogP contribution is 2.31. The quantitative estimate of drug-likeness (QED) is 0.478. The number of allylic oxidation sites excluding steroid dienone is 2. The predicted octanol–water partition coefficient (Wildman–Crippen LogP) is 3.50. The van der Waals surface area contributed by atoms with Crippen molar-refractivity contribution in [1.82, 2.24) is 0 Å². The lowest BCUT2D eigenvalue weighted by molar-refractivity contribution is -0.111. The van der Waals surface area contributed by atoms with Crippen molar-refractivity contribution in [3.63, 3.8) is 0 Å². The van der Waals surface area contributed by atoms with E-state index < -0.39 is 11.7 Å². The van der Waals surface area contributed by atoms with Crippen LogP contribution < -0.4 is 16.2 Å². The summed E-state index contributed by atoms with van der Waals surface area (Å²) in [4.78, 5) is 12.3. The molecule has 0 aliphatic heterocycles. The number of carbonyl (C=O) groups is 1. The van der Waals surface area contributed by atoms with Crippen LogP contribution in [0.15, 0.2) is 36.4 Å². The normalized spacial score (nSPS) is 12.2. The maximum Gasteiger partial charge on any atom is 0.210 e. The largest absolute Gasteiger partial charge is 0.457 e. The second kappa shape index (κ2) is 7.70. The van der Waals surface area contributed by atoms with Crippen molar-refractivity contribution in [3.05, 3.63) is 64.5 Å². The van der Waals surface area contributed by atoms with Gasteiger partial charge in [0.25, 0.3) is 0 Å². The molecule has 0 unspecified atom stereocenters. The van der Waals surface area contributed by atoms with Crippen LogP contribution in [-0.4, -0.2) is 11.6 Å². The van der Waals surface area contributed by atoms with Crippen LogP contribution in [0.2, 0.25) is 0 Å². The summed E-state index contributed by atoms with van der Waals surface area (Å²) in [5.74, 6) is -2.49. The van der Waals surface area contributed by atoms with E-state index in [-0.39, 0.29) is 11.5 Å². The van der Waals surface area contributed by atoms with E-state index in [0.717, 1.165) is 11.1 Å². The number of hydrogen-bond donors (Lipinski definition) is 2. The van der Waals surface area contributed by atoms with Crippen molar-refractivity contribution < 1.29 is 13.9 Å². The van der Waals surface area contributed by atoms with Crippen LogP contribution >= 0.6 is 0 Å². The number of rotatable bonds is 5. The number of halogens is 1. The number of carbonyl (C=O) groups excluding carboxylic acids is 1. The molecule has 0 radical (unpaired) electrons. The molecule has 2 aromatic rings. The summed E-state index contributed by atoms with van der Waals surface area (Å²) in [6.07, 6.45) is 0. The van der Waals surface area contributed by atoms with Gasteiger partial charge in [0.15, 0.2) is 17.3 Å². The maximum atomic E-state index is 14.4. The Balaban J connectivity index is 2.56. The van der Waals surface area contributed by atoms with Gasteiger partial charge in [-0.1, -0.05) is 18.2 Å².